The van der Waals surface area contributed by atoms with E-state index >= 15 is 0 Å². The minimum absolute atomic E-state index is 0.353. The molecule has 1 aromatic rings. The third kappa shape index (κ3) is 1.53. The zero-order chi connectivity index (χ0) is 9.47. The van der Waals surface area contributed by atoms with Gasteiger partial charge in [0.1, 0.15) is 5.76 Å². The van der Waals surface area contributed by atoms with Crippen molar-refractivity contribution in [3.05, 3.63) is 17.3 Å². The van der Waals surface area contributed by atoms with Crippen LogP contribution in [0, 0.1) is 0 Å². The molecule has 0 saturated heterocycles. The number of halogens is 3. The molecule has 3 nitrogen and oxygen atoms in total. The van der Waals surface area contributed by atoms with E-state index in [-0.39, 0.29) is 0 Å². The lowest BCUT2D eigenvalue weighted by Crippen LogP contribution is -2.22. The van der Waals surface area contributed by atoms with Crippen LogP contribution in [0.1, 0.15) is 17.3 Å². The molecule has 1 aliphatic heterocycles. The van der Waals surface area contributed by atoms with E-state index in [9.17, 15) is 13.2 Å². The molecule has 0 bridgehead atoms. The maximum Gasteiger partial charge on any atom is 0.468 e. The van der Waals surface area contributed by atoms with Crippen LogP contribution in [0.5, 0.6) is 0 Å². The molecule has 0 spiro atoms. The average Bonchev–Trinajstić information content (AvgIpc) is 2.45. The van der Waals surface area contributed by atoms with Gasteiger partial charge in [-0.1, -0.05) is 0 Å². The number of nitrogens with one attached hydrogen (secondary N) is 1. The molecular formula is C7H7F3N2O. The summed E-state index contributed by atoms with van der Waals surface area (Å²) < 4.78 is 40.9. The fourth-order valence-electron chi connectivity index (χ4n) is 1.25. The SMILES string of the molecule is FC(F)(F)c1nc2c(o1)CCNC2. The Morgan fingerprint density at radius 3 is 2.77 bits per heavy atom. The number of aromatic nitrogens is 1. The van der Waals surface area contributed by atoms with Crippen LogP contribution < -0.4 is 5.32 Å². The summed E-state index contributed by atoms with van der Waals surface area (Å²) in [5.41, 5.74) is 0.374. The zero-order valence-corrected chi connectivity index (χ0v) is 6.61. The smallest absolute Gasteiger partial charge is 0.438 e. The number of hydrogen-bond donors (Lipinski definition) is 1. The van der Waals surface area contributed by atoms with Gasteiger partial charge < -0.3 is 9.73 Å². The lowest BCUT2D eigenvalue weighted by Gasteiger charge is -2.07. The van der Waals surface area contributed by atoms with Crippen molar-refractivity contribution in [3.8, 4) is 0 Å². The number of nitrogens with zero attached hydrogens (tertiary/aromatic N) is 1. The normalized spacial score (nSPS) is 17.2. The first-order valence-corrected chi connectivity index (χ1v) is 3.84. The van der Waals surface area contributed by atoms with E-state index < -0.39 is 12.1 Å². The maximum absolute atomic E-state index is 12.1. The Labute approximate surface area is 71.9 Å². The third-order valence-electron chi connectivity index (χ3n) is 1.84. The Bertz CT molecular complexity index is 295. The number of hydrogen-bond acceptors (Lipinski definition) is 3. The highest BCUT2D eigenvalue weighted by atomic mass is 19.4. The fraction of sp³-hybridized carbons (Fsp3) is 0.571. The van der Waals surface area contributed by atoms with Gasteiger partial charge in [0, 0.05) is 19.5 Å². The van der Waals surface area contributed by atoms with Crippen molar-refractivity contribution in [2.45, 2.75) is 19.1 Å². The van der Waals surface area contributed by atoms with Gasteiger partial charge in [-0.15, -0.1) is 0 Å². The molecule has 0 saturated carbocycles. The average molecular weight is 192 g/mol. The van der Waals surface area contributed by atoms with Crippen molar-refractivity contribution >= 4 is 0 Å². The van der Waals surface area contributed by atoms with Crippen LogP contribution >= 0.6 is 0 Å². The van der Waals surface area contributed by atoms with E-state index in [1.54, 1.807) is 0 Å². The van der Waals surface area contributed by atoms with Crippen molar-refractivity contribution in [2.75, 3.05) is 6.54 Å². The number of rotatable bonds is 0. The predicted molar refractivity (Wildman–Crippen MR) is 36.9 cm³/mol. The molecule has 0 amide bonds. The minimum atomic E-state index is -4.47. The summed E-state index contributed by atoms with van der Waals surface area (Å²) in [5, 5.41) is 2.92. The lowest BCUT2D eigenvalue weighted by molar-refractivity contribution is -0.157. The Kier molecular flexibility index (Phi) is 1.80. The number of oxazole rings is 1. The van der Waals surface area contributed by atoms with Crippen LogP contribution in [0.15, 0.2) is 4.42 Å². The highest BCUT2D eigenvalue weighted by Gasteiger charge is 2.38. The first-order chi connectivity index (χ1) is 6.07. The van der Waals surface area contributed by atoms with Crippen LogP contribution in [-0.2, 0) is 19.1 Å². The molecule has 1 aliphatic rings. The van der Waals surface area contributed by atoms with Gasteiger partial charge in [0.05, 0.1) is 5.69 Å². The molecule has 13 heavy (non-hydrogen) atoms. The monoisotopic (exact) mass is 192 g/mol. The highest BCUT2D eigenvalue weighted by Crippen LogP contribution is 2.30. The fourth-order valence-corrected chi connectivity index (χ4v) is 1.25. The molecule has 1 aromatic heterocycles. The number of alkyl halides is 3. The summed E-state index contributed by atoms with van der Waals surface area (Å²) in [6.45, 7) is 0.994. The molecule has 0 aromatic carbocycles. The van der Waals surface area contributed by atoms with Gasteiger partial charge in [-0.2, -0.15) is 13.2 Å². The minimum Gasteiger partial charge on any atom is -0.438 e. The van der Waals surface area contributed by atoms with Gasteiger partial charge in [-0.3, -0.25) is 0 Å². The molecule has 72 valence electrons. The van der Waals surface area contributed by atoms with Gasteiger partial charge in [0.15, 0.2) is 0 Å². The van der Waals surface area contributed by atoms with Gasteiger partial charge in [0.2, 0.25) is 0 Å². The Hall–Kier alpha value is -1.04. The standard InChI is InChI=1S/C7H7F3N2O/c8-7(9,10)6-12-4-3-11-2-1-5(4)13-6/h11H,1-3H2. The van der Waals surface area contributed by atoms with Crippen molar-refractivity contribution in [2.24, 2.45) is 0 Å². The molecule has 0 radical (unpaired) electrons. The molecular weight excluding hydrogens is 185 g/mol. The summed E-state index contributed by atoms with van der Waals surface area (Å²) in [4.78, 5) is 3.37. The Balaban J connectivity index is 2.36. The third-order valence-corrected chi connectivity index (χ3v) is 1.84. The highest BCUT2D eigenvalue weighted by molar-refractivity contribution is 5.13. The van der Waals surface area contributed by atoms with Crippen molar-refractivity contribution in [3.63, 3.8) is 0 Å². The van der Waals surface area contributed by atoms with Gasteiger partial charge in [-0.25, -0.2) is 4.98 Å². The van der Waals surface area contributed by atoms with Crippen molar-refractivity contribution < 1.29 is 17.6 Å². The molecule has 0 aliphatic carbocycles. The first kappa shape index (κ1) is 8.55. The quantitative estimate of drug-likeness (QED) is 0.674. The first-order valence-electron chi connectivity index (χ1n) is 3.84. The van der Waals surface area contributed by atoms with E-state index in [1.807, 2.05) is 0 Å². The predicted octanol–water partition coefficient (Wildman–Crippen LogP) is 1.34. The van der Waals surface area contributed by atoms with Crippen LogP contribution in [0.2, 0.25) is 0 Å². The van der Waals surface area contributed by atoms with Crippen LogP contribution in [0.25, 0.3) is 0 Å². The lowest BCUT2D eigenvalue weighted by atomic mass is 10.2. The summed E-state index contributed by atoms with van der Waals surface area (Å²) in [6, 6.07) is 0. The second kappa shape index (κ2) is 2.73. The van der Waals surface area contributed by atoms with Crippen LogP contribution in [0.3, 0.4) is 0 Å². The zero-order valence-electron chi connectivity index (χ0n) is 6.61. The van der Waals surface area contributed by atoms with Gasteiger partial charge in [0.25, 0.3) is 0 Å². The van der Waals surface area contributed by atoms with Crippen molar-refractivity contribution in [1.29, 1.82) is 0 Å². The maximum atomic E-state index is 12.1. The van der Waals surface area contributed by atoms with E-state index in [2.05, 4.69) is 14.7 Å². The summed E-state index contributed by atoms with van der Waals surface area (Å²) in [7, 11) is 0. The second-order valence-electron chi connectivity index (χ2n) is 2.81. The summed E-state index contributed by atoms with van der Waals surface area (Å²) >= 11 is 0. The Morgan fingerprint density at radius 2 is 2.15 bits per heavy atom. The Morgan fingerprint density at radius 1 is 1.38 bits per heavy atom. The summed E-state index contributed by atoms with van der Waals surface area (Å²) in [5.74, 6) is -0.785. The largest absolute Gasteiger partial charge is 0.468 e. The van der Waals surface area contributed by atoms with Crippen LogP contribution in [-0.4, -0.2) is 11.5 Å². The van der Waals surface area contributed by atoms with Crippen LogP contribution in [0.4, 0.5) is 13.2 Å². The molecule has 2 heterocycles. The molecule has 0 unspecified atom stereocenters. The molecule has 1 N–H and O–H groups in total. The van der Waals surface area contributed by atoms with Crippen molar-refractivity contribution in [1.82, 2.24) is 10.3 Å². The van der Waals surface area contributed by atoms with Gasteiger partial charge in [-0.05, 0) is 0 Å². The molecule has 0 atom stereocenters. The number of fused-ring (bicyclic) bond motifs is 1. The van der Waals surface area contributed by atoms with E-state index in [1.165, 1.54) is 0 Å². The van der Waals surface area contributed by atoms with Gasteiger partial charge >= 0.3 is 12.1 Å². The summed E-state index contributed by atoms with van der Waals surface area (Å²) in [6.07, 6.45) is -4.00. The molecule has 0 fully saturated rings. The molecule has 6 heteroatoms. The van der Waals surface area contributed by atoms with E-state index in [4.69, 9.17) is 0 Å². The van der Waals surface area contributed by atoms with E-state index in [0.717, 1.165) is 0 Å². The molecule has 2 rings (SSSR count). The van der Waals surface area contributed by atoms with E-state index in [0.29, 0.717) is 31.0 Å². The topological polar surface area (TPSA) is 38.1 Å². The second-order valence-corrected chi connectivity index (χ2v) is 2.81.